The number of hydrogen-bond donors (Lipinski definition) is 1. The fraction of sp³-hybridized carbons (Fsp3) is 0.938. The Morgan fingerprint density at radius 2 is 1.81 bits per heavy atom. The molecule has 0 aromatic heterocycles. The first-order chi connectivity index (χ1) is 9.87. The van der Waals surface area contributed by atoms with Gasteiger partial charge in [0.2, 0.25) is 0 Å². The second-order valence-corrected chi connectivity index (χ2v) is 7.25. The van der Waals surface area contributed by atoms with Crippen LogP contribution in [0.2, 0.25) is 0 Å². The minimum atomic E-state index is -0.423. The average Bonchev–Trinajstić information content (AvgIpc) is 2.50. The van der Waals surface area contributed by atoms with Gasteiger partial charge < -0.3 is 20.1 Å². The summed E-state index contributed by atoms with van der Waals surface area (Å²) in [7, 11) is 0. The summed E-state index contributed by atoms with van der Waals surface area (Å²) in [5.74, 6) is 0.0657. The van der Waals surface area contributed by atoms with Gasteiger partial charge >= 0.3 is 0 Å². The van der Waals surface area contributed by atoms with Crippen molar-refractivity contribution in [1.29, 1.82) is 0 Å². The molecule has 1 aliphatic heterocycles. The predicted molar refractivity (Wildman–Crippen MR) is 82.0 cm³/mol. The number of nitrogens with two attached hydrogens (primary N) is 1. The summed E-state index contributed by atoms with van der Waals surface area (Å²) in [5.41, 5.74) is 6.02. The monoisotopic (exact) mass is 298 g/mol. The maximum Gasteiger partial charge on any atom is 0.251 e. The lowest BCUT2D eigenvalue weighted by molar-refractivity contribution is -0.165. The molecule has 0 aromatic carbocycles. The molecule has 122 valence electrons. The van der Waals surface area contributed by atoms with E-state index < -0.39 is 6.10 Å². The van der Waals surface area contributed by atoms with Gasteiger partial charge in [-0.25, -0.2) is 0 Å². The van der Waals surface area contributed by atoms with Gasteiger partial charge in [-0.3, -0.25) is 4.79 Å². The van der Waals surface area contributed by atoms with Gasteiger partial charge in [0.25, 0.3) is 5.91 Å². The summed E-state index contributed by atoms with van der Waals surface area (Å²) >= 11 is 0. The molecule has 0 spiro atoms. The molecule has 1 heterocycles. The van der Waals surface area contributed by atoms with Crippen molar-refractivity contribution in [2.45, 2.75) is 58.2 Å². The quantitative estimate of drug-likeness (QED) is 0.855. The van der Waals surface area contributed by atoms with E-state index in [0.29, 0.717) is 38.3 Å². The summed E-state index contributed by atoms with van der Waals surface area (Å²) in [4.78, 5) is 14.3. The summed E-state index contributed by atoms with van der Waals surface area (Å²) in [5, 5.41) is 0. The molecule has 2 fully saturated rings. The van der Waals surface area contributed by atoms with Crippen LogP contribution in [0.4, 0.5) is 0 Å². The van der Waals surface area contributed by atoms with E-state index in [-0.39, 0.29) is 11.5 Å². The molecule has 0 aromatic rings. The van der Waals surface area contributed by atoms with Crippen molar-refractivity contribution in [3.8, 4) is 0 Å². The molecule has 1 unspecified atom stereocenters. The molecule has 0 radical (unpaired) electrons. The van der Waals surface area contributed by atoms with Gasteiger partial charge in [-0.05, 0) is 38.0 Å². The summed E-state index contributed by atoms with van der Waals surface area (Å²) < 4.78 is 11.5. The number of ether oxygens (including phenoxy) is 2. The highest BCUT2D eigenvalue weighted by Crippen LogP contribution is 2.42. The van der Waals surface area contributed by atoms with E-state index in [1.807, 2.05) is 11.8 Å². The van der Waals surface area contributed by atoms with Crippen LogP contribution in [0, 0.1) is 5.41 Å². The first-order valence-electron chi connectivity index (χ1n) is 8.12. The number of carbonyl (C=O) groups excluding carboxylic acids is 1. The van der Waals surface area contributed by atoms with Gasteiger partial charge in [-0.1, -0.05) is 13.8 Å². The average molecular weight is 298 g/mol. The number of hydrogen-bond acceptors (Lipinski definition) is 4. The van der Waals surface area contributed by atoms with Crippen LogP contribution < -0.4 is 5.73 Å². The molecule has 1 aliphatic carbocycles. The lowest BCUT2D eigenvalue weighted by atomic mass is 9.71. The first kappa shape index (κ1) is 16.7. The Labute approximate surface area is 128 Å². The fourth-order valence-electron chi connectivity index (χ4n) is 3.22. The van der Waals surface area contributed by atoms with Crippen molar-refractivity contribution in [3.05, 3.63) is 0 Å². The van der Waals surface area contributed by atoms with Gasteiger partial charge in [0.05, 0.1) is 18.8 Å². The van der Waals surface area contributed by atoms with E-state index in [2.05, 4.69) is 13.8 Å². The molecule has 2 N–H and O–H groups in total. The van der Waals surface area contributed by atoms with E-state index in [1.165, 1.54) is 0 Å². The topological polar surface area (TPSA) is 64.8 Å². The van der Waals surface area contributed by atoms with Gasteiger partial charge in [-0.2, -0.15) is 0 Å². The van der Waals surface area contributed by atoms with Gasteiger partial charge in [0, 0.05) is 19.6 Å². The third-order valence-corrected chi connectivity index (χ3v) is 4.98. The number of nitrogens with zero attached hydrogens (tertiary/aromatic N) is 1. The van der Waals surface area contributed by atoms with Gasteiger partial charge in [-0.15, -0.1) is 0 Å². The maximum absolute atomic E-state index is 12.5. The molecule has 2 rings (SSSR count). The molecule has 0 bridgehead atoms. The van der Waals surface area contributed by atoms with Crippen LogP contribution >= 0.6 is 0 Å². The van der Waals surface area contributed by atoms with Gasteiger partial charge in [0.15, 0.2) is 0 Å². The molecule has 21 heavy (non-hydrogen) atoms. The lowest BCUT2D eigenvalue weighted by Crippen LogP contribution is -2.52. The summed E-state index contributed by atoms with van der Waals surface area (Å²) in [6.45, 7) is 9.48. The molecular weight excluding hydrogens is 268 g/mol. The molecule has 1 saturated heterocycles. The Balaban J connectivity index is 1.93. The Morgan fingerprint density at radius 1 is 1.24 bits per heavy atom. The standard InChI is InChI=1S/C16H30N2O3/c1-13(14(19)18-8-10-20-11-9-18)21-16(12-17)6-4-15(2,3)5-7-16/h13H,4-12,17H2,1-3H3. The van der Waals surface area contributed by atoms with Crippen molar-refractivity contribution in [1.82, 2.24) is 4.90 Å². The summed E-state index contributed by atoms with van der Waals surface area (Å²) in [6, 6.07) is 0. The predicted octanol–water partition coefficient (Wildman–Crippen LogP) is 1.55. The Bertz CT molecular complexity index is 355. The SMILES string of the molecule is CC(OC1(CN)CCC(C)(C)CC1)C(=O)N1CCOCC1. The third kappa shape index (κ3) is 4.18. The van der Waals surface area contributed by atoms with E-state index in [1.54, 1.807) is 0 Å². The fourth-order valence-corrected chi connectivity index (χ4v) is 3.22. The Kier molecular flexibility index (Phi) is 5.28. The molecule has 5 nitrogen and oxygen atoms in total. The largest absolute Gasteiger partial charge is 0.378 e. The van der Waals surface area contributed by atoms with Crippen molar-refractivity contribution in [2.24, 2.45) is 11.1 Å². The van der Waals surface area contributed by atoms with Crippen LogP contribution in [-0.4, -0.2) is 55.4 Å². The number of rotatable bonds is 4. The van der Waals surface area contributed by atoms with Crippen molar-refractivity contribution >= 4 is 5.91 Å². The van der Waals surface area contributed by atoms with Crippen LogP contribution in [0.15, 0.2) is 0 Å². The van der Waals surface area contributed by atoms with Crippen molar-refractivity contribution < 1.29 is 14.3 Å². The second kappa shape index (κ2) is 6.63. The van der Waals surface area contributed by atoms with Crippen LogP contribution in [0.25, 0.3) is 0 Å². The molecule has 1 saturated carbocycles. The normalized spacial score (nSPS) is 26.4. The van der Waals surface area contributed by atoms with E-state index in [0.717, 1.165) is 25.7 Å². The van der Waals surface area contributed by atoms with Crippen LogP contribution in [0.5, 0.6) is 0 Å². The third-order valence-electron chi connectivity index (χ3n) is 4.98. The maximum atomic E-state index is 12.5. The van der Waals surface area contributed by atoms with E-state index in [4.69, 9.17) is 15.2 Å². The molecular formula is C16H30N2O3. The molecule has 2 aliphatic rings. The number of amides is 1. The molecule has 1 atom stereocenters. The molecule has 1 amide bonds. The lowest BCUT2D eigenvalue weighted by Gasteiger charge is -2.44. The van der Waals surface area contributed by atoms with Crippen LogP contribution in [0.3, 0.4) is 0 Å². The number of carbonyl (C=O) groups is 1. The minimum Gasteiger partial charge on any atom is -0.378 e. The highest BCUT2D eigenvalue weighted by molar-refractivity contribution is 5.80. The zero-order valence-electron chi connectivity index (χ0n) is 13.7. The first-order valence-corrected chi connectivity index (χ1v) is 8.12. The smallest absolute Gasteiger partial charge is 0.251 e. The van der Waals surface area contributed by atoms with Crippen LogP contribution in [-0.2, 0) is 14.3 Å². The van der Waals surface area contributed by atoms with Gasteiger partial charge in [0.1, 0.15) is 6.10 Å². The van der Waals surface area contributed by atoms with Crippen LogP contribution in [0.1, 0.15) is 46.5 Å². The van der Waals surface area contributed by atoms with Crippen molar-refractivity contribution in [3.63, 3.8) is 0 Å². The molecule has 5 heteroatoms. The minimum absolute atomic E-state index is 0.0657. The van der Waals surface area contributed by atoms with E-state index >= 15 is 0 Å². The second-order valence-electron chi connectivity index (χ2n) is 7.25. The number of morpholine rings is 1. The zero-order chi connectivity index (χ0) is 15.5. The summed E-state index contributed by atoms with van der Waals surface area (Å²) in [6.07, 6.45) is 3.66. The van der Waals surface area contributed by atoms with Crippen molar-refractivity contribution in [2.75, 3.05) is 32.8 Å². The highest BCUT2D eigenvalue weighted by Gasteiger charge is 2.40. The Morgan fingerprint density at radius 3 is 2.33 bits per heavy atom. The van der Waals surface area contributed by atoms with E-state index in [9.17, 15) is 4.79 Å². The zero-order valence-corrected chi connectivity index (χ0v) is 13.7. The highest BCUT2D eigenvalue weighted by atomic mass is 16.5. The Hall–Kier alpha value is -0.650.